The quantitative estimate of drug-likeness (QED) is 0.826. The third-order valence-electron chi connectivity index (χ3n) is 3.44. The number of ether oxygens (including phenoxy) is 1. The number of hydrogen-bond donors (Lipinski definition) is 2. The molecule has 2 rings (SSSR count). The van der Waals surface area contributed by atoms with E-state index < -0.39 is 5.54 Å². The molecular formula is C15H18BrNO3. The highest BCUT2D eigenvalue weighted by molar-refractivity contribution is 9.10. The van der Waals surface area contributed by atoms with Gasteiger partial charge in [0.05, 0.1) is 12.1 Å². The SMILES string of the molecule is O=C(/C=C/c1ccc(Br)cc1)NC1(CO)CCOCC1. The van der Waals surface area contributed by atoms with E-state index in [0.29, 0.717) is 26.1 Å². The molecule has 1 heterocycles. The Kier molecular flexibility index (Phi) is 5.34. The lowest BCUT2D eigenvalue weighted by Crippen LogP contribution is -2.54. The average Bonchev–Trinajstić information content (AvgIpc) is 2.47. The highest BCUT2D eigenvalue weighted by Crippen LogP contribution is 2.20. The van der Waals surface area contributed by atoms with E-state index in [1.165, 1.54) is 6.08 Å². The van der Waals surface area contributed by atoms with Crippen LogP contribution < -0.4 is 5.32 Å². The molecular weight excluding hydrogens is 322 g/mol. The summed E-state index contributed by atoms with van der Waals surface area (Å²) in [5.74, 6) is -0.191. The Morgan fingerprint density at radius 3 is 2.60 bits per heavy atom. The molecule has 0 radical (unpaired) electrons. The van der Waals surface area contributed by atoms with Crippen LogP contribution in [0.5, 0.6) is 0 Å². The van der Waals surface area contributed by atoms with Gasteiger partial charge in [0.15, 0.2) is 0 Å². The second kappa shape index (κ2) is 7.02. The van der Waals surface area contributed by atoms with E-state index in [2.05, 4.69) is 21.2 Å². The largest absolute Gasteiger partial charge is 0.394 e. The topological polar surface area (TPSA) is 58.6 Å². The number of amides is 1. The van der Waals surface area contributed by atoms with Gasteiger partial charge in [-0.25, -0.2) is 0 Å². The molecule has 1 amide bonds. The van der Waals surface area contributed by atoms with Crippen LogP contribution in [-0.4, -0.2) is 36.4 Å². The average molecular weight is 340 g/mol. The minimum atomic E-state index is -0.542. The normalized spacial score (nSPS) is 18.1. The maximum Gasteiger partial charge on any atom is 0.244 e. The first-order valence-electron chi connectivity index (χ1n) is 6.58. The van der Waals surface area contributed by atoms with Gasteiger partial charge in [-0.15, -0.1) is 0 Å². The van der Waals surface area contributed by atoms with E-state index >= 15 is 0 Å². The summed E-state index contributed by atoms with van der Waals surface area (Å²) in [4.78, 5) is 12.0. The van der Waals surface area contributed by atoms with Crippen LogP contribution in [0.25, 0.3) is 6.08 Å². The maximum absolute atomic E-state index is 12.0. The lowest BCUT2D eigenvalue weighted by atomic mass is 9.91. The fraction of sp³-hybridized carbons (Fsp3) is 0.400. The van der Waals surface area contributed by atoms with Crippen LogP contribution in [0, 0.1) is 0 Å². The molecule has 0 aliphatic carbocycles. The van der Waals surface area contributed by atoms with E-state index in [1.54, 1.807) is 6.08 Å². The van der Waals surface area contributed by atoms with Crippen molar-refractivity contribution >= 4 is 27.9 Å². The van der Waals surface area contributed by atoms with Crippen molar-refractivity contribution in [3.63, 3.8) is 0 Å². The molecule has 20 heavy (non-hydrogen) atoms. The summed E-state index contributed by atoms with van der Waals surface area (Å²) in [5, 5.41) is 12.4. The van der Waals surface area contributed by atoms with Gasteiger partial charge in [-0.05, 0) is 36.6 Å². The number of carbonyl (C=O) groups is 1. The molecule has 1 aromatic carbocycles. The number of benzene rings is 1. The van der Waals surface area contributed by atoms with Crippen LogP contribution in [-0.2, 0) is 9.53 Å². The Morgan fingerprint density at radius 1 is 1.35 bits per heavy atom. The first-order chi connectivity index (χ1) is 9.63. The second-order valence-electron chi connectivity index (χ2n) is 4.92. The molecule has 1 aromatic rings. The van der Waals surface area contributed by atoms with Gasteiger partial charge in [0.1, 0.15) is 0 Å². The Labute approximate surface area is 127 Å². The number of aliphatic hydroxyl groups excluding tert-OH is 1. The van der Waals surface area contributed by atoms with Gasteiger partial charge in [0, 0.05) is 23.8 Å². The number of hydrogen-bond acceptors (Lipinski definition) is 3. The predicted octanol–water partition coefficient (Wildman–Crippen LogP) is 2.12. The van der Waals surface area contributed by atoms with Gasteiger partial charge in [0.2, 0.25) is 5.91 Å². The van der Waals surface area contributed by atoms with E-state index in [4.69, 9.17) is 4.74 Å². The number of nitrogens with one attached hydrogen (secondary N) is 1. The fourth-order valence-electron chi connectivity index (χ4n) is 2.13. The van der Waals surface area contributed by atoms with E-state index in [0.717, 1.165) is 10.0 Å². The monoisotopic (exact) mass is 339 g/mol. The van der Waals surface area contributed by atoms with Crippen molar-refractivity contribution in [1.29, 1.82) is 0 Å². The molecule has 0 saturated carbocycles. The van der Waals surface area contributed by atoms with Gasteiger partial charge < -0.3 is 15.2 Å². The predicted molar refractivity (Wildman–Crippen MR) is 81.2 cm³/mol. The number of rotatable bonds is 4. The number of halogens is 1. The molecule has 4 nitrogen and oxygen atoms in total. The third-order valence-corrected chi connectivity index (χ3v) is 3.97. The van der Waals surface area contributed by atoms with Gasteiger partial charge in [-0.1, -0.05) is 28.1 Å². The Bertz CT molecular complexity index is 478. The van der Waals surface area contributed by atoms with Crippen molar-refractivity contribution in [2.45, 2.75) is 18.4 Å². The van der Waals surface area contributed by atoms with Gasteiger partial charge in [-0.2, -0.15) is 0 Å². The summed E-state index contributed by atoms with van der Waals surface area (Å²) in [6, 6.07) is 7.69. The van der Waals surface area contributed by atoms with E-state index in [9.17, 15) is 9.90 Å². The minimum absolute atomic E-state index is 0.0613. The molecule has 0 atom stereocenters. The van der Waals surface area contributed by atoms with Crippen molar-refractivity contribution < 1.29 is 14.6 Å². The molecule has 0 aromatic heterocycles. The van der Waals surface area contributed by atoms with E-state index in [1.807, 2.05) is 24.3 Å². The summed E-state index contributed by atoms with van der Waals surface area (Å²) < 4.78 is 6.26. The molecule has 0 unspecified atom stereocenters. The summed E-state index contributed by atoms with van der Waals surface area (Å²) in [6.45, 7) is 1.07. The molecule has 5 heteroatoms. The molecule has 1 fully saturated rings. The van der Waals surface area contributed by atoms with Crippen LogP contribution in [0.1, 0.15) is 18.4 Å². The standard InChI is InChI=1S/C15H18BrNO3/c16-13-4-1-12(2-5-13)3-6-14(19)17-15(11-18)7-9-20-10-8-15/h1-6,18H,7-11H2,(H,17,19)/b6-3+. The molecule has 1 aliphatic heterocycles. The van der Waals surface area contributed by atoms with Crippen LogP contribution >= 0.6 is 15.9 Å². The summed E-state index contributed by atoms with van der Waals surface area (Å²) in [7, 11) is 0. The lowest BCUT2D eigenvalue weighted by Gasteiger charge is -2.35. The number of carbonyl (C=O) groups excluding carboxylic acids is 1. The second-order valence-corrected chi connectivity index (χ2v) is 5.84. The Morgan fingerprint density at radius 2 is 2.00 bits per heavy atom. The van der Waals surface area contributed by atoms with E-state index in [-0.39, 0.29) is 12.5 Å². The molecule has 108 valence electrons. The Balaban J connectivity index is 1.95. The Hall–Kier alpha value is -1.17. The van der Waals surface area contributed by atoms with Crippen LogP contribution in [0.4, 0.5) is 0 Å². The van der Waals surface area contributed by atoms with Crippen molar-refractivity contribution in [3.05, 3.63) is 40.4 Å². The first kappa shape index (κ1) is 15.2. The van der Waals surface area contributed by atoms with Crippen molar-refractivity contribution in [2.75, 3.05) is 19.8 Å². The van der Waals surface area contributed by atoms with Crippen molar-refractivity contribution in [2.24, 2.45) is 0 Å². The lowest BCUT2D eigenvalue weighted by molar-refractivity contribution is -0.120. The molecule has 2 N–H and O–H groups in total. The van der Waals surface area contributed by atoms with Crippen LogP contribution in [0.15, 0.2) is 34.8 Å². The summed E-state index contributed by atoms with van der Waals surface area (Å²) in [6.07, 6.45) is 4.53. The highest BCUT2D eigenvalue weighted by Gasteiger charge is 2.32. The number of aliphatic hydroxyl groups is 1. The van der Waals surface area contributed by atoms with Gasteiger partial charge in [-0.3, -0.25) is 4.79 Å². The van der Waals surface area contributed by atoms with Crippen LogP contribution in [0.2, 0.25) is 0 Å². The zero-order valence-corrected chi connectivity index (χ0v) is 12.7. The minimum Gasteiger partial charge on any atom is -0.394 e. The molecule has 1 saturated heterocycles. The zero-order valence-electron chi connectivity index (χ0n) is 11.1. The molecule has 0 spiro atoms. The zero-order chi connectivity index (χ0) is 14.4. The van der Waals surface area contributed by atoms with Crippen molar-refractivity contribution in [1.82, 2.24) is 5.32 Å². The maximum atomic E-state index is 12.0. The van der Waals surface area contributed by atoms with Crippen LogP contribution in [0.3, 0.4) is 0 Å². The van der Waals surface area contributed by atoms with Crippen molar-refractivity contribution in [3.8, 4) is 0 Å². The first-order valence-corrected chi connectivity index (χ1v) is 7.37. The smallest absolute Gasteiger partial charge is 0.244 e. The third kappa shape index (κ3) is 4.16. The highest BCUT2D eigenvalue weighted by atomic mass is 79.9. The fourth-order valence-corrected chi connectivity index (χ4v) is 2.40. The van der Waals surface area contributed by atoms with Gasteiger partial charge >= 0.3 is 0 Å². The summed E-state index contributed by atoms with van der Waals surface area (Å²) >= 11 is 3.36. The summed E-state index contributed by atoms with van der Waals surface area (Å²) in [5.41, 5.74) is 0.410. The molecule has 1 aliphatic rings. The molecule has 0 bridgehead atoms. The van der Waals surface area contributed by atoms with Gasteiger partial charge in [0.25, 0.3) is 0 Å².